The minimum atomic E-state index is 0.0182. The van der Waals surface area contributed by atoms with Gasteiger partial charge in [-0.15, -0.1) is 0 Å². The first kappa shape index (κ1) is 12.4. The summed E-state index contributed by atoms with van der Waals surface area (Å²) in [6.07, 6.45) is 5.63. The summed E-state index contributed by atoms with van der Waals surface area (Å²) in [6.45, 7) is 5.07. The van der Waals surface area contributed by atoms with E-state index in [0.29, 0.717) is 17.3 Å². The molecule has 2 saturated heterocycles. The highest BCUT2D eigenvalue weighted by Gasteiger charge is 2.37. The van der Waals surface area contributed by atoms with E-state index in [4.69, 9.17) is 5.73 Å². The van der Waals surface area contributed by atoms with Crippen LogP contribution in [-0.2, 0) is 0 Å². The van der Waals surface area contributed by atoms with Gasteiger partial charge in [0, 0.05) is 43.3 Å². The zero-order valence-corrected chi connectivity index (χ0v) is 11.2. The molecule has 1 aromatic rings. The number of piperazine rings is 1. The summed E-state index contributed by atoms with van der Waals surface area (Å²) in [5.74, 6) is 0.0182. The number of fused-ring (bicyclic) bond motifs is 1. The maximum atomic E-state index is 12.6. The lowest BCUT2D eigenvalue weighted by Gasteiger charge is -2.42. The van der Waals surface area contributed by atoms with Gasteiger partial charge >= 0.3 is 0 Å². The van der Waals surface area contributed by atoms with Crippen molar-refractivity contribution in [2.24, 2.45) is 0 Å². The molecule has 0 spiro atoms. The standard InChI is InChI=1S/C14H20N4O/c1-10-8-17-6-2-3-11(17)9-18(10)14(19)12-7-16-5-4-13(12)15/h4-5,7,10-11H,2-3,6,8-9H2,1H3,(H2,15,16)/t10-,11-/m0/s1. The van der Waals surface area contributed by atoms with E-state index in [1.54, 1.807) is 18.5 Å². The van der Waals surface area contributed by atoms with Gasteiger partial charge in [0.05, 0.1) is 5.56 Å². The molecule has 0 radical (unpaired) electrons. The number of nitrogens with zero attached hydrogens (tertiary/aromatic N) is 3. The van der Waals surface area contributed by atoms with E-state index in [9.17, 15) is 4.79 Å². The molecule has 1 amide bonds. The number of carbonyl (C=O) groups excluding carboxylic acids is 1. The highest BCUT2D eigenvalue weighted by atomic mass is 16.2. The first-order chi connectivity index (χ1) is 9.16. The molecule has 2 fully saturated rings. The van der Waals surface area contributed by atoms with Crippen molar-refractivity contribution in [3.63, 3.8) is 0 Å². The SMILES string of the molecule is C[C@H]1CN2CCC[C@H]2CN1C(=O)c1cnccc1N. The molecule has 1 aromatic heterocycles. The molecule has 3 rings (SSSR count). The average Bonchev–Trinajstić information content (AvgIpc) is 2.84. The lowest BCUT2D eigenvalue weighted by atomic mass is 10.1. The van der Waals surface area contributed by atoms with Crippen molar-refractivity contribution < 1.29 is 4.79 Å². The molecule has 5 heteroatoms. The number of amides is 1. The van der Waals surface area contributed by atoms with Crippen LogP contribution >= 0.6 is 0 Å². The number of nitrogen functional groups attached to an aromatic ring is 1. The lowest BCUT2D eigenvalue weighted by Crippen LogP contribution is -2.56. The number of rotatable bonds is 1. The fourth-order valence-corrected chi connectivity index (χ4v) is 3.21. The highest BCUT2D eigenvalue weighted by Crippen LogP contribution is 2.26. The Morgan fingerprint density at radius 1 is 1.47 bits per heavy atom. The minimum Gasteiger partial charge on any atom is -0.398 e. The largest absolute Gasteiger partial charge is 0.398 e. The summed E-state index contributed by atoms with van der Waals surface area (Å²) in [4.78, 5) is 21.1. The van der Waals surface area contributed by atoms with Crippen LogP contribution in [0, 0.1) is 0 Å². The second-order valence-corrected chi connectivity index (χ2v) is 5.56. The van der Waals surface area contributed by atoms with Gasteiger partial charge in [-0.1, -0.05) is 0 Å². The number of hydrogen-bond donors (Lipinski definition) is 1. The van der Waals surface area contributed by atoms with Crippen molar-refractivity contribution in [1.29, 1.82) is 0 Å². The van der Waals surface area contributed by atoms with Crippen LogP contribution in [0.5, 0.6) is 0 Å². The molecule has 19 heavy (non-hydrogen) atoms. The van der Waals surface area contributed by atoms with Gasteiger partial charge < -0.3 is 10.6 Å². The maximum Gasteiger partial charge on any atom is 0.257 e. The molecule has 2 aliphatic heterocycles. The Kier molecular flexibility index (Phi) is 3.14. The maximum absolute atomic E-state index is 12.6. The number of hydrogen-bond acceptors (Lipinski definition) is 4. The van der Waals surface area contributed by atoms with Crippen molar-refractivity contribution in [3.05, 3.63) is 24.0 Å². The van der Waals surface area contributed by atoms with Gasteiger partial charge in [0.2, 0.25) is 0 Å². The smallest absolute Gasteiger partial charge is 0.257 e. The van der Waals surface area contributed by atoms with Crippen molar-refractivity contribution >= 4 is 11.6 Å². The zero-order chi connectivity index (χ0) is 13.4. The van der Waals surface area contributed by atoms with E-state index in [1.807, 2.05) is 4.90 Å². The first-order valence-electron chi connectivity index (χ1n) is 6.91. The third kappa shape index (κ3) is 2.18. The number of nitrogens with two attached hydrogens (primary N) is 1. The van der Waals surface area contributed by atoms with Crippen molar-refractivity contribution in [2.75, 3.05) is 25.4 Å². The van der Waals surface area contributed by atoms with Gasteiger partial charge in [-0.3, -0.25) is 14.7 Å². The molecule has 102 valence electrons. The molecule has 0 saturated carbocycles. The number of anilines is 1. The molecule has 5 nitrogen and oxygen atoms in total. The minimum absolute atomic E-state index is 0.0182. The van der Waals surface area contributed by atoms with Crippen LogP contribution in [-0.4, -0.2) is 52.4 Å². The molecule has 2 aliphatic rings. The van der Waals surface area contributed by atoms with Crippen LogP contribution in [0.2, 0.25) is 0 Å². The molecular formula is C14H20N4O. The van der Waals surface area contributed by atoms with E-state index in [2.05, 4.69) is 16.8 Å². The van der Waals surface area contributed by atoms with Crippen LogP contribution in [0.25, 0.3) is 0 Å². The zero-order valence-electron chi connectivity index (χ0n) is 11.2. The summed E-state index contributed by atoms with van der Waals surface area (Å²) in [5, 5.41) is 0. The second kappa shape index (κ2) is 4.81. The fraction of sp³-hybridized carbons (Fsp3) is 0.571. The highest BCUT2D eigenvalue weighted by molar-refractivity contribution is 5.99. The topological polar surface area (TPSA) is 62.5 Å². The van der Waals surface area contributed by atoms with E-state index < -0.39 is 0 Å². The van der Waals surface area contributed by atoms with E-state index in [0.717, 1.165) is 13.1 Å². The Morgan fingerprint density at radius 3 is 3.11 bits per heavy atom. The molecule has 3 heterocycles. The lowest BCUT2D eigenvalue weighted by molar-refractivity contribution is 0.0396. The third-order valence-corrected chi connectivity index (χ3v) is 4.28. The molecule has 0 aliphatic carbocycles. The van der Waals surface area contributed by atoms with Crippen molar-refractivity contribution in [1.82, 2.24) is 14.8 Å². The number of aromatic nitrogens is 1. The number of carbonyl (C=O) groups is 1. The summed E-state index contributed by atoms with van der Waals surface area (Å²) >= 11 is 0. The molecule has 0 aromatic carbocycles. The predicted octanol–water partition coefficient (Wildman–Crippen LogP) is 0.972. The monoisotopic (exact) mass is 260 g/mol. The summed E-state index contributed by atoms with van der Waals surface area (Å²) in [5.41, 5.74) is 6.93. The molecule has 0 unspecified atom stereocenters. The predicted molar refractivity (Wildman–Crippen MR) is 73.7 cm³/mol. The van der Waals surface area contributed by atoms with Crippen LogP contribution < -0.4 is 5.73 Å². The Balaban J connectivity index is 1.81. The summed E-state index contributed by atoms with van der Waals surface area (Å²) in [7, 11) is 0. The van der Waals surface area contributed by atoms with Gasteiger partial charge in [-0.25, -0.2) is 0 Å². The second-order valence-electron chi connectivity index (χ2n) is 5.56. The van der Waals surface area contributed by atoms with E-state index >= 15 is 0 Å². The van der Waals surface area contributed by atoms with Crippen LogP contribution in [0.3, 0.4) is 0 Å². The van der Waals surface area contributed by atoms with Gasteiger partial charge in [0.1, 0.15) is 0 Å². The first-order valence-corrected chi connectivity index (χ1v) is 6.91. The molecule has 2 N–H and O–H groups in total. The fourth-order valence-electron chi connectivity index (χ4n) is 3.21. The average molecular weight is 260 g/mol. The van der Waals surface area contributed by atoms with Crippen LogP contribution in [0.15, 0.2) is 18.5 Å². The quantitative estimate of drug-likeness (QED) is 0.817. The normalized spacial score (nSPS) is 27.3. The molecule has 0 bridgehead atoms. The van der Waals surface area contributed by atoms with Crippen LogP contribution in [0.4, 0.5) is 5.69 Å². The third-order valence-electron chi connectivity index (χ3n) is 4.28. The van der Waals surface area contributed by atoms with E-state index in [-0.39, 0.29) is 11.9 Å². The van der Waals surface area contributed by atoms with Gasteiger partial charge in [-0.05, 0) is 32.4 Å². The van der Waals surface area contributed by atoms with Gasteiger partial charge in [0.25, 0.3) is 5.91 Å². The number of pyridine rings is 1. The van der Waals surface area contributed by atoms with Crippen molar-refractivity contribution in [2.45, 2.75) is 31.8 Å². The van der Waals surface area contributed by atoms with Gasteiger partial charge in [0.15, 0.2) is 0 Å². The van der Waals surface area contributed by atoms with Crippen LogP contribution in [0.1, 0.15) is 30.1 Å². The molecule has 2 atom stereocenters. The Labute approximate surface area is 113 Å². The van der Waals surface area contributed by atoms with E-state index in [1.165, 1.54) is 19.4 Å². The van der Waals surface area contributed by atoms with Crippen molar-refractivity contribution in [3.8, 4) is 0 Å². The Morgan fingerprint density at radius 2 is 2.32 bits per heavy atom. The summed E-state index contributed by atoms with van der Waals surface area (Å²) < 4.78 is 0. The van der Waals surface area contributed by atoms with Gasteiger partial charge in [-0.2, -0.15) is 0 Å². The molecular weight excluding hydrogens is 240 g/mol. The summed E-state index contributed by atoms with van der Waals surface area (Å²) in [6, 6.07) is 2.45. The Hall–Kier alpha value is -1.62. The Bertz CT molecular complexity index is 490.